The number of carbonyl (C=O) groups is 1. The van der Waals surface area contributed by atoms with Crippen LogP contribution < -0.4 is 19.8 Å². The summed E-state index contributed by atoms with van der Waals surface area (Å²) in [5, 5.41) is 0. The molecular weight excluding hydrogens is 438 g/mol. The Hall–Kier alpha value is -3.39. The molecule has 0 N–H and O–H groups in total. The lowest BCUT2D eigenvalue weighted by molar-refractivity contribution is -0.136. The minimum absolute atomic E-state index is 0.228. The van der Waals surface area contributed by atoms with Crippen molar-refractivity contribution < 1.29 is 13.9 Å². The Labute approximate surface area is 195 Å². The van der Waals surface area contributed by atoms with E-state index < -0.39 is 12.0 Å². The smallest absolute Gasteiger partial charge is 0.338 e. The van der Waals surface area contributed by atoms with Gasteiger partial charge in [-0.15, -0.1) is 0 Å². The van der Waals surface area contributed by atoms with Crippen molar-refractivity contribution in [1.29, 1.82) is 0 Å². The Balaban J connectivity index is 1.91. The number of furan rings is 1. The van der Waals surface area contributed by atoms with E-state index in [9.17, 15) is 9.59 Å². The summed E-state index contributed by atoms with van der Waals surface area (Å²) < 4.78 is 12.9. The molecule has 1 unspecified atom stereocenters. The van der Waals surface area contributed by atoms with Crippen LogP contribution in [0.5, 0.6) is 0 Å². The van der Waals surface area contributed by atoms with Gasteiger partial charge >= 0.3 is 5.97 Å². The van der Waals surface area contributed by atoms with Gasteiger partial charge in [0.1, 0.15) is 5.76 Å². The molecule has 0 bridgehead atoms. The van der Waals surface area contributed by atoms with Crippen LogP contribution in [0.25, 0.3) is 6.08 Å². The average molecular weight is 466 g/mol. The van der Waals surface area contributed by atoms with Gasteiger partial charge in [0.2, 0.25) is 0 Å². The van der Waals surface area contributed by atoms with E-state index in [1.165, 1.54) is 24.0 Å². The van der Waals surface area contributed by atoms with E-state index in [2.05, 4.69) is 18.8 Å². The van der Waals surface area contributed by atoms with Crippen LogP contribution in [0.15, 0.2) is 61.9 Å². The molecule has 3 heterocycles. The van der Waals surface area contributed by atoms with E-state index in [1.54, 1.807) is 17.6 Å². The number of thiazole rings is 1. The van der Waals surface area contributed by atoms with Crippen molar-refractivity contribution >= 4 is 29.3 Å². The molecule has 0 saturated carbocycles. The highest BCUT2D eigenvalue weighted by Crippen LogP contribution is 2.31. The van der Waals surface area contributed by atoms with Crippen LogP contribution in [0.3, 0.4) is 0 Å². The summed E-state index contributed by atoms with van der Waals surface area (Å²) in [5.41, 5.74) is 2.69. The maximum absolute atomic E-state index is 13.5. The second kappa shape index (κ2) is 8.86. The molecule has 3 aromatic rings. The van der Waals surface area contributed by atoms with Gasteiger partial charge in [0.15, 0.2) is 10.7 Å². The van der Waals surface area contributed by atoms with Crippen LogP contribution in [0, 0.1) is 0 Å². The van der Waals surface area contributed by atoms with Crippen molar-refractivity contribution in [2.45, 2.75) is 32.7 Å². The second-order valence-corrected chi connectivity index (χ2v) is 9.47. The maximum atomic E-state index is 13.5. The zero-order chi connectivity index (χ0) is 23.9. The highest BCUT2D eigenvalue weighted by molar-refractivity contribution is 7.07. The lowest BCUT2D eigenvalue weighted by Crippen LogP contribution is -2.39. The Kier molecular flexibility index (Phi) is 6.12. The van der Waals surface area contributed by atoms with Crippen molar-refractivity contribution in [3.05, 3.63) is 84.2 Å². The summed E-state index contributed by atoms with van der Waals surface area (Å²) in [6.45, 7) is 6.02. The van der Waals surface area contributed by atoms with Gasteiger partial charge in [-0.05, 0) is 30.0 Å². The molecule has 8 heteroatoms. The summed E-state index contributed by atoms with van der Waals surface area (Å²) >= 11 is 1.27. The predicted octanol–water partition coefficient (Wildman–Crippen LogP) is 3.19. The van der Waals surface area contributed by atoms with Crippen molar-refractivity contribution in [2.24, 2.45) is 4.99 Å². The highest BCUT2D eigenvalue weighted by Gasteiger charge is 2.33. The minimum Gasteiger partial charge on any atom is -0.466 e. The van der Waals surface area contributed by atoms with Crippen LogP contribution in [0.2, 0.25) is 0 Å². The van der Waals surface area contributed by atoms with Gasteiger partial charge in [-0.1, -0.05) is 49.4 Å². The molecule has 1 aliphatic rings. The Bertz CT molecular complexity index is 1400. The third-order valence-electron chi connectivity index (χ3n) is 5.67. The SMILES string of the molecule is COC(=O)C1=C(C)N=c2sc(=Cc3ccc(N(C)C)o3)c(=O)n2C1c1ccc(C(C)C)cc1. The van der Waals surface area contributed by atoms with Crippen LogP contribution in [-0.4, -0.2) is 31.7 Å². The second-order valence-electron chi connectivity index (χ2n) is 8.47. The van der Waals surface area contributed by atoms with Crippen LogP contribution in [0.1, 0.15) is 49.6 Å². The lowest BCUT2D eigenvalue weighted by atomic mass is 9.93. The molecule has 0 radical (unpaired) electrons. The van der Waals surface area contributed by atoms with E-state index >= 15 is 0 Å². The number of aromatic nitrogens is 1. The molecule has 0 fully saturated rings. The van der Waals surface area contributed by atoms with Gasteiger partial charge in [-0.25, -0.2) is 9.79 Å². The van der Waals surface area contributed by atoms with E-state index in [0.29, 0.717) is 38.2 Å². The van der Waals surface area contributed by atoms with Gasteiger partial charge < -0.3 is 14.1 Å². The van der Waals surface area contributed by atoms with Crippen LogP contribution >= 0.6 is 11.3 Å². The summed E-state index contributed by atoms with van der Waals surface area (Å²) in [7, 11) is 5.11. The number of allylic oxidation sites excluding steroid dienone is 1. The van der Waals surface area contributed by atoms with Crippen molar-refractivity contribution in [2.75, 3.05) is 26.1 Å². The number of methoxy groups -OCH3 is 1. The van der Waals surface area contributed by atoms with Crippen molar-refractivity contribution in [1.82, 2.24) is 4.57 Å². The van der Waals surface area contributed by atoms with E-state index in [-0.39, 0.29) is 5.56 Å². The zero-order valence-corrected chi connectivity index (χ0v) is 20.4. The first kappa shape index (κ1) is 22.8. The summed E-state index contributed by atoms with van der Waals surface area (Å²) in [6.07, 6.45) is 1.72. The van der Waals surface area contributed by atoms with Gasteiger partial charge in [-0.2, -0.15) is 0 Å². The number of fused-ring (bicyclic) bond motifs is 1. The molecule has 0 amide bonds. The average Bonchev–Trinajstić information content (AvgIpc) is 3.37. The molecule has 0 spiro atoms. The molecule has 1 aromatic carbocycles. The van der Waals surface area contributed by atoms with Crippen molar-refractivity contribution in [3.8, 4) is 0 Å². The molecule has 0 saturated heterocycles. The third kappa shape index (κ3) is 4.18. The Morgan fingerprint density at radius 2 is 1.91 bits per heavy atom. The minimum atomic E-state index is -0.619. The third-order valence-corrected chi connectivity index (χ3v) is 6.66. The van der Waals surface area contributed by atoms with Gasteiger partial charge in [-0.3, -0.25) is 9.36 Å². The number of hydrogen-bond acceptors (Lipinski definition) is 7. The van der Waals surface area contributed by atoms with E-state index in [0.717, 1.165) is 5.56 Å². The molecule has 33 heavy (non-hydrogen) atoms. The van der Waals surface area contributed by atoms with E-state index in [1.807, 2.05) is 55.4 Å². The zero-order valence-electron chi connectivity index (χ0n) is 19.6. The molecule has 172 valence electrons. The fraction of sp³-hybridized carbons (Fsp3) is 0.320. The summed E-state index contributed by atoms with van der Waals surface area (Å²) in [5.74, 6) is 1.15. The predicted molar refractivity (Wildman–Crippen MR) is 129 cm³/mol. The Morgan fingerprint density at radius 3 is 2.48 bits per heavy atom. The number of carbonyl (C=O) groups excluding carboxylic acids is 1. The summed E-state index contributed by atoms with van der Waals surface area (Å²) in [4.78, 5) is 33.2. The number of benzene rings is 1. The quantitative estimate of drug-likeness (QED) is 0.541. The van der Waals surface area contributed by atoms with Crippen LogP contribution in [-0.2, 0) is 9.53 Å². The molecule has 1 atom stereocenters. The Morgan fingerprint density at radius 1 is 1.21 bits per heavy atom. The number of anilines is 1. The van der Waals surface area contributed by atoms with Gasteiger partial charge in [0.05, 0.1) is 29.0 Å². The number of nitrogens with zero attached hydrogens (tertiary/aromatic N) is 3. The van der Waals surface area contributed by atoms with Gasteiger partial charge in [0.25, 0.3) is 5.56 Å². The fourth-order valence-electron chi connectivity index (χ4n) is 3.86. The standard InChI is InChI=1S/C25H27N3O4S/c1-14(2)16-7-9-17(10-8-16)22-21(24(30)31-6)15(3)26-25-28(22)23(29)19(33-25)13-18-11-12-20(32-18)27(4)5/h7-14,22H,1-6H3. The maximum Gasteiger partial charge on any atom is 0.338 e. The molecule has 4 rings (SSSR count). The molecule has 0 aliphatic carbocycles. The molecule has 2 aromatic heterocycles. The first-order valence-corrected chi connectivity index (χ1v) is 11.5. The molecular formula is C25H27N3O4S. The lowest BCUT2D eigenvalue weighted by Gasteiger charge is -2.24. The number of esters is 1. The van der Waals surface area contributed by atoms with Gasteiger partial charge in [0, 0.05) is 26.2 Å². The monoisotopic (exact) mass is 465 g/mol. The highest BCUT2D eigenvalue weighted by atomic mass is 32.1. The van der Waals surface area contributed by atoms with Crippen LogP contribution in [0.4, 0.5) is 5.88 Å². The summed E-state index contributed by atoms with van der Waals surface area (Å²) in [6, 6.07) is 11.1. The van der Waals surface area contributed by atoms with E-state index in [4.69, 9.17) is 9.15 Å². The van der Waals surface area contributed by atoms with Crippen molar-refractivity contribution in [3.63, 3.8) is 0 Å². The topological polar surface area (TPSA) is 77.0 Å². The molecule has 1 aliphatic heterocycles. The largest absolute Gasteiger partial charge is 0.466 e. The first-order chi connectivity index (χ1) is 15.7. The number of hydrogen-bond donors (Lipinski definition) is 0. The number of ether oxygens (including phenoxy) is 1. The fourth-order valence-corrected chi connectivity index (χ4v) is 4.89. The number of rotatable bonds is 5. The normalized spacial score (nSPS) is 16.1. The first-order valence-electron chi connectivity index (χ1n) is 10.7. The molecule has 7 nitrogen and oxygen atoms in total.